The number of rotatable bonds is 7. The van der Waals surface area contributed by atoms with Crippen LogP contribution in [0, 0.1) is 11.3 Å². The van der Waals surface area contributed by atoms with Gasteiger partial charge < -0.3 is 14.7 Å². The molecule has 2 aliphatic rings. The molecule has 1 aliphatic heterocycles. The molecule has 1 saturated heterocycles. The van der Waals surface area contributed by atoms with Gasteiger partial charge >= 0.3 is 12.1 Å². The van der Waals surface area contributed by atoms with Gasteiger partial charge in [-0.3, -0.25) is 9.69 Å². The molecular formula is C26H26F3N3O3S. The Hall–Kier alpha value is -3.16. The number of nitrogens with zero attached hydrogens (tertiary/aromatic N) is 3. The fourth-order valence-corrected chi connectivity index (χ4v) is 5.11. The van der Waals surface area contributed by atoms with Gasteiger partial charge in [-0.1, -0.05) is 24.3 Å². The molecule has 1 aliphatic carbocycles. The molecule has 0 amide bonds. The van der Waals surface area contributed by atoms with E-state index in [-0.39, 0.29) is 24.4 Å². The molecule has 1 saturated carbocycles. The van der Waals surface area contributed by atoms with Crippen LogP contribution in [0.1, 0.15) is 54.4 Å². The first-order valence-electron chi connectivity index (χ1n) is 11.7. The van der Waals surface area contributed by atoms with Gasteiger partial charge in [-0.15, -0.1) is 0 Å². The third kappa shape index (κ3) is 5.47. The second kappa shape index (κ2) is 10.4. The highest BCUT2D eigenvalue weighted by Crippen LogP contribution is 2.42. The fourth-order valence-electron chi connectivity index (χ4n) is 4.70. The van der Waals surface area contributed by atoms with Crippen molar-refractivity contribution in [1.82, 2.24) is 4.90 Å². The zero-order chi connectivity index (χ0) is 25.9. The summed E-state index contributed by atoms with van der Waals surface area (Å²) in [5.41, 5.74) is 0.496. The Morgan fingerprint density at radius 3 is 2.44 bits per heavy atom. The van der Waals surface area contributed by atoms with E-state index in [1.54, 1.807) is 11.0 Å². The van der Waals surface area contributed by atoms with E-state index in [1.807, 2.05) is 24.3 Å². The number of ether oxygens (including phenoxy) is 1. The molecule has 10 heteroatoms. The molecule has 2 aromatic carbocycles. The number of thiocarbonyl (C=S) groups is 1. The van der Waals surface area contributed by atoms with Crippen LogP contribution in [0.25, 0.3) is 0 Å². The molecule has 1 heterocycles. The highest BCUT2D eigenvalue weighted by atomic mass is 32.1. The van der Waals surface area contributed by atoms with Gasteiger partial charge in [0.2, 0.25) is 0 Å². The molecule has 0 aromatic heterocycles. The van der Waals surface area contributed by atoms with Gasteiger partial charge in [0.1, 0.15) is 6.73 Å². The molecule has 4 rings (SSSR count). The first-order valence-corrected chi connectivity index (χ1v) is 12.1. The molecule has 2 aromatic rings. The van der Waals surface area contributed by atoms with Crippen LogP contribution in [-0.4, -0.2) is 40.0 Å². The lowest BCUT2D eigenvalue weighted by Gasteiger charge is -2.50. The second-order valence-electron chi connectivity index (χ2n) is 9.26. The van der Waals surface area contributed by atoms with Crippen LogP contribution < -0.4 is 4.90 Å². The van der Waals surface area contributed by atoms with Crippen molar-refractivity contribution in [3.8, 4) is 6.07 Å². The molecule has 0 radical (unpaired) electrons. The summed E-state index contributed by atoms with van der Waals surface area (Å²) < 4.78 is 46.7. The highest BCUT2D eigenvalue weighted by Gasteiger charge is 2.47. The number of carboxylic acid groups (broad SMARTS) is 1. The van der Waals surface area contributed by atoms with Crippen molar-refractivity contribution in [2.45, 2.75) is 56.8 Å². The van der Waals surface area contributed by atoms with Crippen molar-refractivity contribution < 1.29 is 27.8 Å². The zero-order valence-electron chi connectivity index (χ0n) is 19.6. The number of hydrogen-bond donors (Lipinski definition) is 1. The van der Waals surface area contributed by atoms with Gasteiger partial charge in [0.25, 0.3) is 0 Å². The topological polar surface area (TPSA) is 76.8 Å². The smallest absolute Gasteiger partial charge is 0.417 e. The molecule has 1 spiro atoms. The molecule has 36 heavy (non-hydrogen) atoms. The Morgan fingerprint density at radius 1 is 1.17 bits per heavy atom. The first-order chi connectivity index (χ1) is 17.1. The quantitative estimate of drug-likeness (QED) is 0.487. The Bertz CT molecular complexity index is 1170. The minimum atomic E-state index is -4.67. The van der Waals surface area contributed by atoms with Crippen LogP contribution in [0.4, 0.5) is 18.9 Å². The number of halogens is 3. The largest absolute Gasteiger partial charge is 0.481 e. The van der Waals surface area contributed by atoms with Crippen LogP contribution >= 0.6 is 12.2 Å². The van der Waals surface area contributed by atoms with E-state index in [0.29, 0.717) is 31.1 Å². The van der Waals surface area contributed by atoms with E-state index >= 15 is 0 Å². The standard InChI is InChI=1S/C26H26F3N3O3S/c27-26(28,29)22-13-21(10-9-20(22)14-30)31-17-35-16-25(11-2-12-25)32(24(31)36)15-19-7-5-18(6-8-19)3-1-4-23(33)34/h5-10,13H,1-4,11-12,15-17H2,(H,33,34). The average Bonchev–Trinajstić information content (AvgIpc) is 2.96. The minimum absolute atomic E-state index is 0.0167. The molecule has 0 unspecified atom stereocenters. The number of aryl methyl sites for hydroxylation is 1. The van der Waals surface area contributed by atoms with Gasteiger partial charge in [-0.05, 0) is 73.6 Å². The second-order valence-corrected chi connectivity index (χ2v) is 9.62. The lowest BCUT2D eigenvalue weighted by molar-refractivity contribution is -0.138. The summed E-state index contributed by atoms with van der Waals surface area (Å²) in [6.07, 6.45) is -0.569. The van der Waals surface area contributed by atoms with Crippen LogP contribution in [0.5, 0.6) is 0 Å². The Labute approximate surface area is 212 Å². The predicted octanol–water partition coefficient (Wildman–Crippen LogP) is 5.49. The van der Waals surface area contributed by atoms with Gasteiger partial charge in [-0.25, -0.2) is 0 Å². The molecule has 1 N–H and O–H groups in total. The first kappa shape index (κ1) is 25.9. The zero-order valence-corrected chi connectivity index (χ0v) is 20.4. The van der Waals surface area contributed by atoms with Gasteiger partial charge in [0.15, 0.2) is 5.11 Å². The Balaban J connectivity index is 1.58. The summed E-state index contributed by atoms with van der Waals surface area (Å²) in [5, 5.41) is 18.3. The average molecular weight is 518 g/mol. The number of alkyl halides is 3. The normalized spacial score (nSPS) is 17.4. The minimum Gasteiger partial charge on any atom is -0.481 e. The summed E-state index contributed by atoms with van der Waals surface area (Å²) in [6, 6.07) is 13.1. The molecule has 0 atom stereocenters. The van der Waals surface area contributed by atoms with E-state index in [0.717, 1.165) is 42.5 Å². The number of anilines is 1. The summed E-state index contributed by atoms with van der Waals surface area (Å²) in [4.78, 5) is 14.4. The maximum absolute atomic E-state index is 13.6. The number of carboxylic acids is 1. The van der Waals surface area contributed by atoms with Crippen molar-refractivity contribution in [2.75, 3.05) is 18.2 Å². The van der Waals surface area contributed by atoms with Crippen LogP contribution in [0.3, 0.4) is 0 Å². The Kier molecular flexibility index (Phi) is 7.52. The van der Waals surface area contributed by atoms with E-state index in [2.05, 4.69) is 4.90 Å². The van der Waals surface area contributed by atoms with Crippen molar-refractivity contribution in [1.29, 1.82) is 5.26 Å². The number of hydrogen-bond acceptors (Lipinski definition) is 4. The summed E-state index contributed by atoms with van der Waals surface area (Å²) in [6.45, 7) is 0.901. The van der Waals surface area contributed by atoms with E-state index in [4.69, 9.17) is 27.3 Å². The molecule has 0 bridgehead atoms. The van der Waals surface area contributed by atoms with Crippen molar-refractivity contribution in [3.05, 3.63) is 64.7 Å². The van der Waals surface area contributed by atoms with Crippen LogP contribution in [0.2, 0.25) is 0 Å². The predicted molar refractivity (Wildman–Crippen MR) is 131 cm³/mol. The van der Waals surface area contributed by atoms with Crippen molar-refractivity contribution in [2.24, 2.45) is 0 Å². The highest BCUT2D eigenvalue weighted by molar-refractivity contribution is 7.80. The van der Waals surface area contributed by atoms with Gasteiger partial charge in [-0.2, -0.15) is 18.4 Å². The van der Waals surface area contributed by atoms with E-state index in [9.17, 15) is 18.0 Å². The molecule has 6 nitrogen and oxygen atoms in total. The molecular weight excluding hydrogens is 491 g/mol. The summed E-state index contributed by atoms with van der Waals surface area (Å²) in [7, 11) is 0. The third-order valence-electron chi connectivity index (χ3n) is 6.87. The molecule has 190 valence electrons. The maximum atomic E-state index is 13.6. The lowest BCUT2D eigenvalue weighted by atomic mass is 9.76. The van der Waals surface area contributed by atoms with Crippen LogP contribution in [0.15, 0.2) is 42.5 Å². The van der Waals surface area contributed by atoms with Gasteiger partial charge in [0.05, 0.1) is 29.3 Å². The number of aliphatic carboxylic acids is 1. The number of benzene rings is 2. The summed E-state index contributed by atoms with van der Waals surface area (Å²) >= 11 is 5.84. The third-order valence-corrected chi connectivity index (χ3v) is 7.31. The number of carbonyl (C=O) groups is 1. The SMILES string of the molecule is N#Cc1ccc(N2COCC3(CCC3)N(Cc3ccc(CCCC(=O)O)cc3)C2=S)cc1C(F)(F)F. The Morgan fingerprint density at radius 2 is 1.86 bits per heavy atom. The van der Waals surface area contributed by atoms with Crippen molar-refractivity contribution in [3.63, 3.8) is 0 Å². The van der Waals surface area contributed by atoms with E-state index < -0.39 is 23.3 Å². The summed E-state index contributed by atoms with van der Waals surface area (Å²) in [5.74, 6) is -0.816. The molecule has 2 fully saturated rings. The number of nitriles is 1. The maximum Gasteiger partial charge on any atom is 0.417 e. The van der Waals surface area contributed by atoms with E-state index in [1.165, 1.54) is 6.07 Å². The lowest BCUT2D eigenvalue weighted by Crippen LogP contribution is -2.59. The van der Waals surface area contributed by atoms with Crippen molar-refractivity contribution >= 4 is 29.0 Å². The monoisotopic (exact) mass is 517 g/mol. The fraction of sp³-hybridized carbons (Fsp3) is 0.423. The van der Waals surface area contributed by atoms with Crippen LogP contribution in [-0.2, 0) is 28.7 Å². The van der Waals surface area contributed by atoms with Gasteiger partial charge in [0, 0.05) is 18.7 Å².